The van der Waals surface area contributed by atoms with Crippen molar-refractivity contribution in [2.45, 2.75) is 6.92 Å². The van der Waals surface area contributed by atoms with Gasteiger partial charge in [-0.25, -0.2) is 0 Å². The van der Waals surface area contributed by atoms with Crippen LogP contribution in [-0.2, 0) is 17.3 Å². The third-order valence-corrected chi connectivity index (χ3v) is 6.73. The van der Waals surface area contributed by atoms with Crippen molar-refractivity contribution in [1.29, 1.82) is 0 Å². The largest absolute Gasteiger partial charge is 0.339 e. The Balaban J connectivity index is 1.80. The van der Waals surface area contributed by atoms with Gasteiger partial charge < -0.3 is 9.47 Å². The second-order valence-corrected chi connectivity index (χ2v) is 8.73. The Bertz CT molecular complexity index is 909. The van der Waals surface area contributed by atoms with Gasteiger partial charge in [-0.2, -0.15) is 17.0 Å². The molecular formula is C17H24N4O3S. The minimum absolute atomic E-state index is 0.0556. The lowest BCUT2D eigenvalue weighted by atomic mass is 10.2. The Kier molecular flexibility index (Phi) is 4.61. The molecule has 0 spiro atoms. The summed E-state index contributed by atoms with van der Waals surface area (Å²) in [6.45, 7) is 3.45. The van der Waals surface area contributed by atoms with Gasteiger partial charge in [0.15, 0.2) is 0 Å². The van der Waals surface area contributed by atoms with E-state index in [0.717, 1.165) is 16.5 Å². The molecule has 2 heterocycles. The maximum atomic E-state index is 12.9. The van der Waals surface area contributed by atoms with Gasteiger partial charge in [-0.1, -0.05) is 18.2 Å². The summed E-state index contributed by atoms with van der Waals surface area (Å²) in [6.07, 6.45) is 0. The van der Waals surface area contributed by atoms with E-state index in [1.165, 1.54) is 22.7 Å². The van der Waals surface area contributed by atoms with E-state index in [9.17, 15) is 13.2 Å². The van der Waals surface area contributed by atoms with Crippen molar-refractivity contribution in [3.8, 4) is 0 Å². The average Bonchev–Trinajstić information content (AvgIpc) is 2.92. The SMILES string of the molecule is Cc1cccc2cc(C(=O)N3CCN(S(=O)(=O)N(C)C)CC3)n(C)c12. The molecule has 1 amide bonds. The molecule has 136 valence electrons. The standard InChI is InChI=1S/C17H24N4O3S/c1-13-6-5-7-14-12-15(19(4)16(13)14)17(22)20-8-10-21(11-9-20)25(23,24)18(2)3/h5-7,12H,8-11H2,1-4H3. The van der Waals surface area contributed by atoms with E-state index in [0.29, 0.717) is 31.9 Å². The minimum atomic E-state index is -3.42. The Labute approximate surface area is 148 Å². The van der Waals surface area contributed by atoms with Gasteiger partial charge in [-0.05, 0) is 18.6 Å². The van der Waals surface area contributed by atoms with Crippen molar-refractivity contribution in [2.24, 2.45) is 7.05 Å². The van der Waals surface area contributed by atoms with Crippen LogP contribution in [-0.4, -0.2) is 72.7 Å². The van der Waals surface area contributed by atoms with E-state index in [2.05, 4.69) is 0 Å². The Hall–Kier alpha value is -1.90. The molecule has 0 N–H and O–H groups in total. The minimum Gasteiger partial charge on any atom is -0.339 e. The number of aryl methyl sites for hydroxylation is 2. The maximum absolute atomic E-state index is 12.9. The second-order valence-electron chi connectivity index (χ2n) is 6.58. The van der Waals surface area contributed by atoms with Gasteiger partial charge in [0, 0.05) is 52.7 Å². The number of hydrogen-bond acceptors (Lipinski definition) is 3. The van der Waals surface area contributed by atoms with Gasteiger partial charge in [0.25, 0.3) is 16.1 Å². The first kappa shape index (κ1) is 17.9. The van der Waals surface area contributed by atoms with Gasteiger partial charge in [-0.3, -0.25) is 4.79 Å². The van der Waals surface area contributed by atoms with Crippen molar-refractivity contribution in [3.63, 3.8) is 0 Å². The highest BCUT2D eigenvalue weighted by Gasteiger charge is 2.31. The quantitative estimate of drug-likeness (QED) is 0.818. The van der Waals surface area contributed by atoms with Crippen LogP contribution in [0.1, 0.15) is 16.1 Å². The van der Waals surface area contributed by atoms with Gasteiger partial charge in [0.05, 0.1) is 5.52 Å². The van der Waals surface area contributed by atoms with E-state index in [1.807, 2.05) is 42.8 Å². The van der Waals surface area contributed by atoms with Crippen LogP contribution in [0.15, 0.2) is 24.3 Å². The summed E-state index contributed by atoms with van der Waals surface area (Å²) in [5.74, 6) is -0.0556. The predicted molar refractivity (Wildman–Crippen MR) is 97.7 cm³/mol. The molecule has 7 nitrogen and oxygen atoms in total. The second kappa shape index (κ2) is 6.44. The lowest BCUT2D eigenvalue weighted by molar-refractivity contribution is 0.0686. The Morgan fingerprint density at radius 1 is 1.12 bits per heavy atom. The number of carbonyl (C=O) groups excluding carboxylic acids is 1. The Morgan fingerprint density at radius 3 is 2.32 bits per heavy atom. The molecule has 0 radical (unpaired) electrons. The number of benzene rings is 1. The number of rotatable bonds is 3. The molecule has 1 aliphatic heterocycles. The van der Waals surface area contributed by atoms with Crippen LogP contribution in [0.2, 0.25) is 0 Å². The topological polar surface area (TPSA) is 65.9 Å². The van der Waals surface area contributed by atoms with Crippen LogP contribution in [0.3, 0.4) is 0 Å². The van der Waals surface area contributed by atoms with E-state index >= 15 is 0 Å². The van der Waals surface area contributed by atoms with Gasteiger partial charge in [-0.15, -0.1) is 0 Å². The number of hydrogen-bond donors (Lipinski definition) is 0. The maximum Gasteiger partial charge on any atom is 0.281 e. The molecule has 2 aromatic rings. The van der Waals surface area contributed by atoms with Crippen molar-refractivity contribution >= 4 is 27.0 Å². The summed E-state index contributed by atoms with van der Waals surface area (Å²) in [4.78, 5) is 14.6. The molecule has 1 aromatic carbocycles. The summed E-state index contributed by atoms with van der Waals surface area (Å²) < 4.78 is 28.9. The highest BCUT2D eigenvalue weighted by atomic mass is 32.2. The van der Waals surface area contributed by atoms with Crippen molar-refractivity contribution in [2.75, 3.05) is 40.3 Å². The van der Waals surface area contributed by atoms with E-state index in [4.69, 9.17) is 0 Å². The van der Waals surface area contributed by atoms with Gasteiger partial charge >= 0.3 is 0 Å². The average molecular weight is 364 g/mol. The summed E-state index contributed by atoms with van der Waals surface area (Å²) >= 11 is 0. The van der Waals surface area contributed by atoms with Crippen LogP contribution in [0.25, 0.3) is 10.9 Å². The van der Waals surface area contributed by atoms with Crippen LogP contribution in [0, 0.1) is 6.92 Å². The van der Waals surface area contributed by atoms with Gasteiger partial charge in [0.2, 0.25) is 0 Å². The number of aromatic nitrogens is 1. The van der Waals surface area contributed by atoms with Crippen molar-refractivity contribution < 1.29 is 13.2 Å². The number of piperazine rings is 1. The lowest BCUT2D eigenvalue weighted by Crippen LogP contribution is -2.53. The molecule has 1 aliphatic rings. The predicted octanol–water partition coefficient (Wildman–Crippen LogP) is 1.05. The molecule has 0 saturated carbocycles. The first-order valence-electron chi connectivity index (χ1n) is 8.25. The number of nitrogens with zero attached hydrogens (tertiary/aromatic N) is 4. The summed E-state index contributed by atoms with van der Waals surface area (Å²) in [5, 5.41) is 1.04. The molecular weight excluding hydrogens is 340 g/mol. The zero-order valence-corrected chi connectivity index (χ0v) is 15.9. The number of amides is 1. The number of para-hydroxylation sites is 1. The normalized spacial score (nSPS) is 16.8. The number of fused-ring (bicyclic) bond motifs is 1. The van der Waals surface area contributed by atoms with Crippen molar-refractivity contribution in [3.05, 3.63) is 35.5 Å². The zero-order chi connectivity index (χ0) is 18.4. The van der Waals surface area contributed by atoms with Crippen LogP contribution < -0.4 is 0 Å². The zero-order valence-electron chi connectivity index (χ0n) is 15.1. The fourth-order valence-corrected chi connectivity index (χ4v) is 4.43. The highest BCUT2D eigenvalue weighted by Crippen LogP contribution is 2.23. The van der Waals surface area contributed by atoms with E-state index in [-0.39, 0.29) is 5.91 Å². The highest BCUT2D eigenvalue weighted by molar-refractivity contribution is 7.86. The molecule has 8 heteroatoms. The molecule has 0 unspecified atom stereocenters. The molecule has 3 rings (SSSR count). The molecule has 0 aliphatic carbocycles. The fourth-order valence-electron chi connectivity index (χ4n) is 3.34. The fraction of sp³-hybridized carbons (Fsp3) is 0.471. The first-order chi connectivity index (χ1) is 11.7. The van der Waals surface area contributed by atoms with Crippen molar-refractivity contribution in [1.82, 2.24) is 18.1 Å². The van der Waals surface area contributed by atoms with E-state index < -0.39 is 10.2 Å². The molecule has 25 heavy (non-hydrogen) atoms. The monoisotopic (exact) mass is 364 g/mol. The molecule has 0 bridgehead atoms. The number of carbonyl (C=O) groups is 1. The molecule has 1 fully saturated rings. The molecule has 1 saturated heterocycles. The van der Waals surface area contributed by atoms with Crippen LogP contribution >= 0.6 is 0 Å². The van der Waals surface area contributed by atoms with Gasteiger partial charge in [0.1, 0.15) is 5.69 Å². The molecule has 0 atom stereocenters. The smallest absolute Gasteiger partial charge is 0.281 e. The van der Waals surface area contributed by atoms with Crippen LogP contribution in [0.4, 0.5) is 0 Å². The molecule has 1 aromatic heterocycles. The third-order valence-electron chi connectivity index (χ3n) is 4.79. The Morgan fingerprint density at radius 2 is 1.76 bits per heavy atom. The lowest BCUT2D eigenvalue weighted by Gasteiger charge is -2.35. The van der Waals surface area contributed by atoms with E-state index in [1.54, 1.807) is 4.90 Å². The summed E-state index contributed by atoms with van der Waals surface area (Å²) in [5.41, 5.74) is 2.81. The summed E-state index contributed by atoms with van der Waals surface area (Å²) in [7, 11) is 1.51. The summed E-state index contributed by atoms with van der Waals surface area (Å²) in [6, 6.07) is 7.92. The van der Waals surface area contributed by atoms with Crippen LogP contribution in [0.5, 0.6) is 0 Å². The third kappa shape index (κ3) is 3.05. The first-order valence-corrected chi connectivity index (χ1v) is 9.65.